The van der Waals surface area contributed by atoms with Crippen LogP contribution in [-0.4, -0.2) is 24.9 Å². The van der Waals surface area contributed by atoms with E-state index in [2.05, 4.69) is 5.32 Å². The number of anilines is 2. The van der Waals surface area contributed by atoms with Gasteiger partial charge in [-0.15, -0.1) is 0 Å². The highest BCUT2D eigenvalue weighted by atomic mass is 16.2. The fourth-order valence-electron chi connectivity index (χ4n) is 1.91. The van der Waals surface area contributed by atoms with E-state index in [0.717, 1.165) is 11.3 Å². The average Bonchev–Trinajstić information content (AvgIpc) is 2.15. The van der Waals surface area contributed by atoms with Crippen molar-refractivity contribution in [2.24, 2.45) is 0 Å². The normalized spacial score (nSPS) is 16.2. The van der Waals surface area contributed by atoms with E-state index in [1.807, 2.05) is 19.1 Å². The van der Waals surface area contributed by atoms with Crippen LogP contribution in [0.2, 0.25) is 0 Å². The van der Waals surface area contributed by atoms with Crippen molar-refractivity contribution < 1.29 is 9.59 Å². The van der Waals surface area contributed by atoms with E-state index in [9.17, 15) is 9.59 Å². The number of piperazine rings is 1. The molecule has 0 saturated carbocycles. The van der Waals surface area contributed by atoms with Crippen LogP contribution in [0.5, 0.6) is 0 Å². The lowest BCUT2D eigenvalue weighted by atomic mass is 10.1. The smallest absolute Gasteiger partial charge is 0.246 e. The minimum atomic E-state index is -0.293. The van der Waals surface area contributed by atoms with Crippen molar-refractivity contribution in [2.45, 2.75) is 6.92 Å². The molecule has 1 heterocycles. The van der Waals surface area contributed by atoms with E-state index >= 15 is 0 Å². The lowest BCUT2D eigenvalue weighted by molar-refractivity contribution is -0.130. The third kappa shape index (κ3) is 1.84. The zero-order valence-corrected chi connectivity index (χ0v) is 8.99. The molecule has 1 aliphatic rings. The molecule has 16 heavy (non-hydrogen) atoms. The molecular formula is C11H13N3O2. The van der Waals surface area contributed by atoms with Crippen LogP contribution >= 0.6 is 0 Å². The van der Waals surface area contributed by atoms with Gasteiger partial charge in [0.1, 0.15) is 0 Å². The lowest BCUT2D eigenvalue weighted by Gasteiger charge is -2.29. The topological polar surface area (TPSA) is 75.4 Å². The molecule has 0 spiro atoms. The maximum atomic E-state index is 11.3. The summed E-state index contributed by atoms with van der Waals surface area (Å²) >= 11 is 0. The van der Waals surface area contributed by atoms with E-state index in [1.54, 1.807) is 11.0 Å². The van der Waals surface area contributed by atoms with Crippen LogP contribution in [0.1, 0.15) is 5.56 Å². The Balaban J connectivity index is 2.36. The van der Waals surface area contributed by atoms with Crippen molar-refractivity contribution in [3.05, 3.63) is 23.8 Å². The van der Waals surface area contributed by atoms with Gasteiger partial charge in [0.05, 0.1) is 24.5 Å². The molecule has 5 heteroatoms. The number of nitrogens with two attached hydrogens (primary N) is 1. The van der Waals surface area contributed by atoms with Gasteiger partial charge < -0.3 is 10.6 Å². The number of carbonyl (C=O) groups is 2. The Kier molecular flexibility index (Phi) is 2.52. The predicted octanol–water partition coefficient (Wildman–Crippen LogP) is 0.0400. The van der Waals surface area contributed by atoms with Crippen molar-refractivity contribution >= 4 is 23.2 Å². The van der Waals surface area contributed by atoms with E-state index in [-0.39, 0.29) is 24.9 Å². The highest BCUT2D eigenvalue weighted by Crippen LogP contribution is 2.27. The molecule has 2 amide bonds. The number of nitrogen functional groups attached to an aromatic ring is 1. The number of nitrogens with one attached hydrogen (secondary N) is 1. The third-order valence-electron chi connectivity index (χ3n) is 2.53. The fourth-order valence-corrected chi connectivity index (χ4v) is 1.91. The van der Waals surface area contributed by atoms with Gasteiger partial charge in [-0.2, -0.15) is 0 Å². The monoisotopic (exact) mass is 219 g/mol. The SMILES string of the molecule is Cc1cccc(N)c1N1CC(=O)NC(=O)C1. The molecule has 0 unspecified atom stereocenters. The Hall–Kier alpha value is -2.04. The number of nitrogens with zero attached hydrogens (tertiary/aromatic N) is 1. The summed E-state index contributed by atoms with van der Waals surface area (Å²) in [4.78, 5) is 24.2. The van der Waals surface area contributed by atoms with Crippen LogP contribution < -0.4 is 16.0 Å². The van der Waals surface area contributed by atoms with E-state index < -0.39 is 0 Å². The van der Waals surface area contributed by atoms with Crippen LogP contribution in [0.3, 0.4) is 0 Å². The Labute approximate surface area is 93.2 Å². The van der Waals surface area contributed by atoms with Crippen LogP contribution in [0, 0.1) is 6.92 Å². The Morgan fingerprint density at radius 2 is 1.88 bits per heavy atom. The number of rotatable bonds is 1. The van der Waals surface area contributed by atoms with Crippen LogP contribution in [0.4, 0.5) is 11.4 Å². The van der Waals surface area contributed by atoms with Gasteiger partial charge >= 0.3 is 0 Å². The summed E-state index contributed by atoms with van der Waals surface area (Å²) in [5, 5.41) is 2.26. The van der Waals surface area contributed by atoms with Gasteiger partial charge in [-0.25, -0.2) is 0 Å². The number of aryl methyl sites for hydroxylation is 1. The maximum Gasteiger partial charge on any atom is 0.246 e. The van der Waals surface area contributed by atoms with E-state index in [4.69, 9.17) is 5.73 Å². The molecule has 1 aromatic rings. The summed E-state index contributed by atoms with van der Waals surface area (Å²) < 4.78 is 0. The predicted molar refractivity (Wildman–Crippen MR) is 61.0 cm³/mol. The van der Waals surface area contributed by atoms with E-state index in [1.165, 1.54) is 0 Å². The number of imide groups is 1. The molecule has 1 fully saturated rings. The van der Waals surface area contributed by atoms with Gasteiger partial charge in [-0.1, -0.05) is 12.1 Å². The Morgan fingerprint density at radius 3 is 2.44 bits per heavy atom. The van der Waals surface area contributed by atoms with Crippen molar-refractivity contribution in [3.63, 3.8) is 0 Å². The average molecular weight is 219 g/mol. The second-order valence-electron chi connectivity index (χ2n) is 3.84. The molecular weight excluding hydrogens is 206 g/mol. The van der Waals surface area contributed by atoms with Crippen LogP contribution in [0.25, 0.3) is 0 Å². The molecule has 0 aliphatic carbocycles. The molecule has 1 saturated heterocycles. The molecule has 0 aromatic heterocycles. The largest absolute Gasteiger partial charge is 0.397 e. The molecule has 1 aromatic carbocycles. The number of hydrogen-bond donors (Lipinski definition) is 2. The number of benzene rings is 1. The fraction of sp³-hybridized carbons (Fsp3) is 0.273. The van der Waals surface area contributed by atoms with Gasteiger partial charge in [-0.05, 0) is 18.6 Å². The van der Waals surface area contributed by atoms with Crippen molar-refractivity contribution in [3.8, 4) is 0 Å². The standard InChI is InChI=1S/C11H13N3O2/c1-7-3-2-4-8(12)11(7)14-5-9(15)13-10(16)6-14/h2-4H,5-6,12H2,1H3,(H,13,15,16). The quantitative estimate of drug-likeness (QED) is 0.516. The number of para-hydroxylation sites is 1. The molecule has 5 nitrogen and oxygen atoms in total. The van der Waals surface area contributed by atoms with Gasteiger partial charge in [0.25, 0.3) is 0 Å². The van der Waals surface area contributed by atoms with Gasteiger partial charge in [0.2, 0.25) is 11.8 Å². The first-order chi connectivity index (χ1) is 7.58. The molecule has 0 radical (unpaired) electrons. The van der Waals surface area contributed by atoms with Gasteiger partial charge in [0, 0.05) is 0 Å². The first-order valence-corrected chi connectivity index (χ1v) is 5.00. The van der Waals surface area contributed by atoms with Crippen LogP contribution in [-0.2, 0) is 9.59 Å². The minimum Gasteiger partial charge on any atom is -0.397 e. The Morgan fingerprint density at radius 1 is 1.25 bits per heavy atom. The second-order valence-corrected chi connectivity index (χ2v) is 3.84. The third-order valence-corrected chi connectivity index (χ3v) is 2.53. The Bertz CT molecular complexity index is 420. The molecule has 3 N–H and O–H groups in total. The van der Waals surface area contributed by atoms with Crippen molar-refractivity contribution in [1.82, 2.24) is 5.32 Å². The summed E-state index contributed by atoms with van der Waals surface area (Å²) in [6, 6.07) is 5.52. The first-order valence-electron chi connectivity index (χ1n) is 5.00. The molecule has 2 rings (SSSR count). The lowest BCUT2D eigenvalue weighted by Crippen LogP contribution is -2.51. The van der Waals surface area contributed by atoms with Gasteiger partial charge in [-0.3, -0.25) is 14.9 Å². The maximum absolute atomic E-state index is 11.3. The molecule has 0 atom stereocenters. The summed E-state index contributed by atoms with van der Waals surface area (Å²) in [7, 11) is 0. The number of carbonyl (C=O) groups excluding carboxylic acids is 2. The summed E-state index contributed by atoms with van der Waals surface area (Å²) in [5.74, 6) is -0.585. The molecule has 84 valence electrons. The first kappa shape index (κ1) is 10.5. The minimum absolute atomic E-state index is 0.167. The van der Waals surface area contributed by atoms with Crippen molar-refractivity contribution in [2.75, 3.05) is 23.7 Å². The zero-order valence-electron chi connectivity index (χ0n) is 8.99. The number of amides is 2. The van der Waals surface area contributed by atoms with Crippen LogP contribution in [0.15, 0.2) is 18.2 Å². The summed E-state index contributed by atoms with van der Waals surface area (Å²) in [5.41, 5.74) is 8.17. The summed E-state index contributed by atoms with van der Waals surface area (Å²) in [6.07, 6.45) is 0. The summed E-state index contributed by atoms with van der Waals surface area (Å²) in [6.45, 7) is 2.24. The van der Waals surface area contributed by atoms with Crippen molar-refractivity contribution in [1.29, 1.82) is 0 Å². The second kappa shape index (κ2) is 3.84. The highest BCUT2D eigenvalue weighted by molar-refractivity contribution is 6.03. The highest BCUT2D eigenvalue weighted by Gasteiger charge is 2.24. The molecule has 0 bridgehead atoms. The zero-order chi connectivity index (χ0) is 11.7. The molecule has 1 aliphatic heterocycles. The van der Waals surface area contributed by atoms with Gasteiger partial charge in [0.15, 0.2) is 0 Å². The van der Waals surface area contributed by atoms with E-state index in [0.29, 0.717) is 5.69 Å². The number of hydrogen-bond acceptors (Lipinski definition) is 4.